The van der Waals surface area contributed by atoms with Crippen molar-refractivity contribution in [1.29, 1.82) is 0 Å². The first-order valence-electron chi connectivity index (χ1n) is 6.58. The van der Waals surface area contributed by atoms with Crippen molar-refractivity contribution in [1.82, 2.24) is 10.6 Å². The smallest absolute Gasteiger partial charge is 0.237 e. The van der Waals surface area contributed by atoms with Crippen molar-refractivity contribution in [2.24, 2.45) is 5.92 Å². The van der Waals surface area contributed by atoms with Crippen LogP contribution in [0.5, 0.6) is 0 Å². The van der Waals surface area contributed by atoms with E-state index >= 15 is 0 Å². The SMILES string of the molecule is CCC(C)NC(=O)C(C)NCCOCC(C)C. The second-order valence-electron chi connectivity index (χ2n) is 4.96. The van der Waals surface area contributed by atoms with Crippen molar-refractivity contribution in [2.45, 2.75) is 53.1 Å². The van der Waals surface area contributed by atoms with E-state index in [2.05, 4.69) is 31.4 Å². The minimum atomic E-state index is -0.161. The lowest BCUT2D eigenvalue weighted by atomic mass is 10.2. The summed E-state index contributed by atoms with van der Waals surface area (Å²) < 4.78 is 5.43. The Bertz CT molecular complexity index is 208. The molecule has 0 rings (SSSR count). The maximum Gasteiger partial charge on any atom is 0.237 e. The van der Waals surface area contributed by atoms with Crippen molar-refractivity contribution in [3.63, 3.8) is 0 Å². The van der Waals surface area contributed by atoms with Gasteiger partial charge in [-0.2, -0.15) is 0 Å². The van der Waals surface area contributed by atoms with Crippen molar-refractivity contribution in [3.8, 4) is 0 Å². The molecule has 0 aliphatic heterocycles. The number of rotatable bonds is 9. The fraction of sp³-hybridized carbons (Fsp3) is 0.923. The van der Waals surface area contributed by atoms with E-state index in [1.54, 1.807) is 0 Å². The van der Waals surface area contributed by atoms with E-state index in [4.69, 9.17) is 4.74 Å². The topological polar surface area (TPSA) is 50.4 Å². The summed E-state index contributed by atoms with van der Waals surface area (Å²) in [5.74, 6) is 0.615. The van der Waals surface area contributed by atoms with Gasteiger partial charge in [0.2, 0.25) is 5.91 Å². The third-order valence-corrected chi connectivity index (χ3v) is 2.54. The summed E-state index contributed by atoms with van der Waals surface area (Å²) in [5.41, 5.74) is 0. The maximum atomic E-state index is 11.7. The van der Waals surface area contributed by atoms with Crippen LogP contribution < -0.4 is 10.6 Å². The van der Waals surface area contributed by atoms with Crippen LogP contribution in [0.1, 0.15) is 41.0 Å². The van der Waals surface area contributed by atoms with Crippen molar-refractivity contribution < 1.29 is 9.53 Å². The van der Waals surface area contributed by atoms with Gasteiger partial charge in [-0.15, -0.1) is 0 Å². The van der Waals surface area contributed by atoms with Gasteiger partial charge in [0.1, 0.15) is 0 Å². The molecule has 0 aromatic rings. The second kappa shape index (κ2) is 9.42. The van der Waals surface area contributed by atoms with E-state index in [9.17, 15) is 4.79 Å². The molecule has 0 radical (unpaired) electrons. The molecular weight excluding hydrogens is 216 g/mol. The van der Waals surface area contributed by atoms with E-state index in [-0.39, 0.29) is 18.0 Å². The third kappa shape index (κ3) is 9.12. The fourth-order valence-electron chi connectivity index (χ4n) is 1.23. The average molecular weight is 244 g/mol. The Morgan fingerprint density at radius 1 is 1.24 bits per heavy atom. The van der Waals surface area contributed by atoms with Gasteiger partial charge in [-0.05, 0) is 26.2 Å². The second-order valence-corrected chi connectivity index (χ2v) is 4.96. The van der Waals surface area contributed by atoms with Gasteiger partial charge in [0.25, 0.3) is 0 Å². The fourth-order valence-corrected chi connectivity index (χ4v) is 1.23. The van der Waals surface area contributed by atoms with Crippen molar-refractivity contribution in [2.75, 3.05) is 19.8 Å². The Kier molecular flexibility index (Phi) is 9.09. The van der Waals surface area contributed by atoms with Crippen molar-refractivity contribution >= 4 is 5.91 Å². The number of hydrogen-bond donors (Lipinski definition) is 2. The first-order valence-corrected chi connectivity index (χ1v) is 6.58. The van der Waals surface area contributed by atoms with E-state index in [0.717, 1.165) is 13.0 Å². The number of carbonyl (C=O) groups is 1. The quantitative estimate of drug-likeness (QED) is 0.605. The zero-order chi connectivity index (χ0) is 13.3. The molecule has 102 valence electrons. The van der Waals surface area contributed by atoms with Gasteiger partial charge in [0.05, 0.1) is 12.6 Å². The Hall–Kier alpha value is -0.610. The zero-order valence-electron chi connectivity index (χ0n) is 11.9. The van der Waals surface area contributed by atoms with Gasteiger partial charge in [0.15, 0.2) is 0 Å². The van der Waals surface area contributed by atoms with Gasteiger partial charge in [-0.1, -0.05) is 20.8 Å². The monoisotopic (exact) mass is 244 g/mol. The van der Waals surface area contributed by atoms with Crippen LogP contribution in [0.3, 0.4) is 0 Å². The van der Waals surface area contributed by atoms with E-state index < -0.39 is 0 Å². The summed E-state index contributed by atoms with van der Waals surface area (Å²) in [6, 6.07) is 0.0793. The summed E-state index contributed by atoms with van der Waals surface area (Å²) in [6.45, 7) is 12.3. The molecule has 0 aliphatic rings. The summed E-state index contributed by atoms with van der Waals surface area (Å²) in [4.78, 5) is 11.7. The van der Waals surface area contributed by atoms with Gasteiger partial charge >= 0.3 is 0 Å². The molecule has 2 N–H and O–H groups in total. The van der Waals surface area contributed by atoms with Gasteiger partial charge in [0, 0.05) is 19.2 Å². The van der Waals surface area contributed by atoms with E-state index in [0.29, 0.717) is 19.1 Å². The lowest BCUT2D eigenvalue weighted by Gasteiger charge is -2.17. The first kappa shape index (κ1) is 16.4. The van der Waals surface area contributed by atoms with Gasteiger partial charge < -0.3 is 15.4 Å². The standard InChI is InChI=1S/C13H28N2O2/c1-6-11(4)15-13(16)12(5)14-7-8-17-9-10(2)3/h10-12,14H,6-9H2,1-5H3,(H,15,16). The lowest BCUT2D eigenvalue weighted by Crippen LogP contribution is -2.46. The highest BCUT2D eigenvalue weighted by Crippen LogP contribution is 1.92. The predicted molar refractivity (Wildman–Crippen MR) is 71.0 cm³/mol. The molecule has 1 amide bonds. The summed E-state index contributed by atoms with van der Waals surface area (Å²) >= 11 is 0. The normalized spacial score (nSPS) is 14.7. The maximum absolute atomic E-state index is 11.7. The largest absolute Gasteiger partial charge is 0.380 e. The Morgan fingerprint density at radius 2 is 1.88 bits per heavy atom. The molecule has 0 aromatic heterocycles. The average Bonchev–Trinajstić information content (AvgIpc) is 2.27. The molecule has 0 aliphatic carbocycles. The minimum absolute atomic E-state index is 0.0585. The van der Waals surface area contributed by atoms with Crippen LogP contribution in [0.2, 0.25) is 0 Å². The molecule has 4 nitrogen and oxygen atoms in total. The molecule has 0 heterocycles. The number of nitrogens with one attached hydrogen (secondary N) is 2. The summed E-state index contributed by atoms with van der Waals surface area (Å²) in [5, 5.41) is 6.09. The van der Waals surface area contributed by atoms with Crippen LogP contribution in [0.4, 0.5) is 0 Å². The molecule has 4 heteroatoms. The highest BCUT2D eigenvalue weighted by atomic mass is 16.5. The van der Waals surface area contributed by atoms with Crippen LogP contribution in [0.25, 0.3) is 0 Å². The third-order valence-electron chi connectivity index (χ3n) is 2.54. The zero-order valence-corrected chi connectivity index (χ0v) is 11.9. The van der Waals surface area contributed by atoms with E-state index in [1.165, 1.54) is 0 Å². The molecule has 0 saturated carbocycles. The predicted octanol–water partition coefficient (Wildman–Crippen LogP) is 1.55. The Morgan fingerprint density at radius 3 is 2.41 bits per heavy atom. The van der Waals surface area contributed by atoms with Crippen LogP contribution in [-0.2, 0) is 9.53 Å². The van der Waals surface area contributed by atoms with Crippen LogP contribution in [-0.4, -0.2) is 37.7 Å². The molecular formula is C13H28N2O2. The molecule has 0 bridgehead atoms. The summed E-state index contributed by atoms with van der Waals surface area (Å²) in [6.07, 6.45) is 0.954. The van der Waals surface area contributed by atoms with Crippen LogP contribution in [0.15, 0.2) is 0 Å². The number of ether oxygens (including phenoxy) is 1. The molecule has 0 fully saturated rings. The lowest BCUT2D eigenvalue weighted by molar-refractivity contribution is -0.123. The van der Waals surface area contributed by atoms with Crippen LogP contribution >= 0.6 is 0 Å². The van der Waals surface area contributed by atoms with Gasteiger partial charge in [-0.25, -0.2) is 0 Å². The van der Waals surface area contributed by atoms with Crippen LogP contribution in [0, 0.1) is 5.92 Å². The summed E-state index contributed by atoms with van der Waals surface area (Å²) in [7, 11) is 0. The molecule has 0 saturated heterocycles. The number of hydrogen-bond acceptors (Lipinski definition) is 3. The minimum Gasteiger partial charge on any atom is -0.380 e. The number of carbonyl (C=O) groups excluding carboxylic acids is 1. The first-order chi connectivity index (χ1) is 7.97. The molecule has 2 atom stereocenters. The molecule has 2 unspecified atom stereocenters. The highest BCUT2D eigenvalue weighted by Gasteiger charge is 2.13. The van der Waals surface area contributed by atoms with E-state index in [1.807, 2.05) is 13.8 Å². The van der Waals surface area contributed by atoms with Gasteiger partial charge in [-0.3, -0.25) is 4.79 Å². The molecule has 0 aromatic carbocycles. The molecule has 0 spiro atoms. The Balaban J connectivity index is 3.57. The number of amides is 1. The highest BCUT2D eigenvalue weighted by molar-refractivity contribution is 5.81. The molecule has 17 heavy (non-hydrogen) atoms. The Labute approximate surface area is 105 Å². The van der Waals surface area contributed by atoms with Crippen molar-refractivity contribution in [3.05, 3.63) is 0 Å².